The molecule has 2 rings (SSSR count). The van der Waals surface area contributed by atoms with Gasteiger partial charge in [-0.3, -0.25) is 14.3 Å². The minimum absolute atomic E-state index is 0.0367. The summed E-state index contributed by atoms with van der Waals surface area (Å²) in [5, 5.41) is 0.470. The van der Waals surface area contributed by atoms with Crippen molar-refractivity contribution in [2.45, 2.75) is 11.8 Å². The second kappa shape index (κ2) is 5.01. The molecule has 0 fully saturated rings. The van der Waals surface area contributed by atoms with Crippen molar-refractivity contribution in [2.75, 3.05) is 5.75 Å². The Balaban J connectivity index is 2.70. The molecule has 1 heterocycles. The number of H-pyrrole nitrogens is 1. The van der Waals surface area contributed by atoms with Crippen LogP contribution in [0.25, 0.3) is 10.9 Å². The maximum atomic E-state index is 11.8. The first-order valence-corrected chi connectivity index (χ1v) is 6.29. The van der Waals surface area contributed by atoms with Crippen molar-refractivity contribution in [1.29, 1.82) is 0 Å². The molecule has 0 amide bonds. The second-order valence-corrected chi connectivity index (χ2v) is 4.82. The molecule has 0 aliphatic carbocycles. The van der Waals surface area contributed by atoms with Crippen LogP contribution in [-0.2, 0) is 6.54 Å². The summed E-state index contributed by atoms with van der Waals surface area (Å²) in [6, 6.07) is 7.01. The van der Waals surface area contributed by atoms with E-state index < -0.39 is 5.69 Å². The molecule has 1 N–H and O–H groups in total. The van der Waals surface area contributed by atoms with Crippen LogP contribution in [0.3, 0.4) is 0 Å². The number of thiol groups is 2. The van der Waals surface area contributed by atoms with E-state index in [2.05, 4.69) is 30.2 Å². The summed E-state index contributed by atoms with van der Waals surface area (Å²) in [6.45, 7) is 0.419. The first-order chi connectivity index (χ1) is 8.13. The molecule has 1 atom stereocenters. The highest BCUT2D eigenvalue weighted by molar-refractivity contribution is 7.84. The van der Waals surface area contributed by atoms with Crippen molar-refractivity contribution in [3.05, 3.63) is 45.1 Å². The Hall–Kier alpha value is -1.14. The van der Waals surface area contributed by atoms with Crippen LogP contribution < -0.4 is 11.2 Å². The predicted octanol–water partition coefficient (Wildman–Crippen LogP) is 0.918. The van der Waals surface area contributed by atoms with Gasteiger partial charge in [0.05, 0.1) is 10.9 Å². The van der Waals surface area contributed by atoms with Crippen LogP contribution in [0.5, 0.6) is 0 Å². The Morgan fingerprint density at radius 2 is 2.00 bits per heavy atom. The van der Waals surface area contributed by atoms with E-state index in [1.54, 1.807) is 24.3 Å². The molecule has 0 radical (unpaired) electrons. The zero-order valence-corrected chi connectivity index (χ0v) is 10.7. The second-order valence-electron chi connectivity index (χ2n) is 3.72. The minimum atomic E-state index is -0.408. The Morgan fingerprint density at radius 1 is 1.29 bits per heavy atom. The summed E-state index contributed by atoms with van der Waals surface area (Å²) in [6.07, 6.45) is 0. The van der Waals surface area contributed by atoms with Crippen molar-refractivity contribution in [3.8, 4) is 0 Å². The number of hydrogen-bond donors (Lipinski definition) is 3. The fraction of sp³-hybridized carbons (Fsp3) is 0.273. The normalized spacial score (nSPS) is 12.8. The first kappa shape index (κ1) is 12.3. The molecule has 1 aromatic heterocycles. The van der Waals surface area contributed by atoms with Crippen LogP contribution >= 0.6 is 25.3 Å². The maximum Gasteiger partial charge on any atom is 0.328 e. The summed E-state index contributed by atoms with van der Waals surface area (Å²) in [7, 11) is 0. The highest BCUT2D eigenvalue weighted by atomic mass is 32.1. The lowest BCUT2D eigenvalue weighted by molar-refractivity contribution is 0.676. The van der Waals surface area contributed by atoms with E-state index in [1.807, 2.05) is 0 Å². The molecule has 1 unspecified atom stereocenters. The van der Waals surface area contributed by atoms with Crippen LogP contribution in [0.2, 0.25) is 0 Å². The van der Waals surface area contributed by atoms with Gasteiger partial charge in [0.1, 0.15) is 0 Å². The van der Waals surface area contributed by atoms with Gasteiger partial charge in [0.2, 0.25) is 0 Å². The van der Waals surface area contributed by atoms with E-state index in [0.29, 0.717) is 23.2 Å². The number of aromatic nitrogens is 2. The predicted molar refractivity (Wildman–Crippen MR) is 75.5 cm³/mol. The number of hydrogen-bond acceptors (Lipinski definition) is 4. The van der Waals surface area contributed by atoms with Crippen LogP contribution in [0.1, 0.15) is 0 Å². The Labute approximate surface area is 108 Å². The highest BCUT2D eigenvalue weighted by Crippen LogP contribution is 2.09. The number of para-hydroxylation sites is 1. The number of rotatable bonds is 3. The molecular weight excluding hydrogens is 256 g/mol. The van der Waals surface area contributed by atoms with E-state index in [1.165, 1.54) is 4.57 Å². The summed E-state index contributed by atoms with van der Waals surface area (Å²) >= 11 is 8.44. The third kappa shape index (κ3) is 2.42. The molecule has 90 valence electrons. The lowest BCUT2D eigenvalue weighted by Crippen LogP contribution is -2.32. The van der Waals surface area contributed by atoms with Gasteiger partial charge in [-0.1, -0.05) is 12.1 Å². The molecule has 6 heteroatoms. The van der Waals surface area contributed by atoms with Crippen molar-refractivity contribution in [1.82, 2.24) is 9.55 Å². The lowest BCUT2D eigenvalue weighted by atomic mass is 10.2. The Morgan fingerprint density at radius 3 is 2.71 bits per heavy atom. The number of nitrogens with zero attached hydrogens (tertiary/aromatic N) is 1. The molecule has 0 aliphatic rings. The Bertz CT molecular complexity index is 648. The van der Waals surface area contributed by atoms with Gasteiger partial charge in [-0.25, -0.2) is 4.79 Å². The minimum Gasteiger partial charge on any atom is -0.292 e. The standard InChI is InChI=1S/C11H12N2O2S2/c14-10-8-3-1-2-4-9(8)13(11(15)12-10)5-7(17)6-16/h1-4,7,16-17H,5-6H2,(H,12,14,15). The summed E-state index contributed by atoms with van der Waals surface area (Å²) < 4.78 is 1.52. The van der Waals surface area contributed by atoms with E-state index in [4.69, 9.17) is 0 Å². The van der Waals surface area contributed by atoms with Gasteiger partial charge in [-0.15, -0.1) is 0 Å². The fourth-order valence-corrected chi connectivity index (χ4v) is 1.97. The van der Waals surface area contributed by atoms with Gasteiger partial charge >= 0.3 is 5.69 Å². The monoisotopic (exact) mass is 268 g/mol. The van der Waals surface area contributed by atoms with Gasteiger partial charge in [0.25, 0.3) is 5.56 Å². The van der Waals surface area contributed by atoms with Crippen molar-refractivity contribution < 1.29 is 0 Å². The van der Waals surface area contributed by atoms with Crippen molar-refractivity contribution in [3.63, 3.8) is 0 Å². The zero-order valence-electron chi connectivity index (χ0n) is 8.96. The van der Waals surface area contributed by atoms with Gasteiger partial charge < -0.3 is 0 Å². The van der Waals surface area contributed by atoms with Gasteiger partial charge in [0, 0.05) is 17.5 Å². The SMILES string of the molecule is O=c1[nH]c(=O)n(CC(S)CS)c2ccccc12. The number of nitrogens with one attached hydrogen (secondary N) is 1. The summed E-state index contributed by atoms with van der Waals surface area (Å²) in [5.41, 5.74) is -0.139. The molecule has 0 spiro atoms. The number of aromatic amines is 1. The largest absolute Gasteiger partial charge is 0.328 e. The van der Waals surface area contributed by atoms with Gasteiger partial charge in [-0.05, 0) is 12.1 Å². The third-order valence-electron chi connectivity index (χ3n) is 2.51. The van der Waals surface area contributed by atoms with E-state index in [9.17, 15) is 9.59 Å². The molecule has 2 aromatic rings. The number of benzene rings is 1. The topological polar surface area (TPSA) is 54.9 Å². The maximum absolute atomic E-state index is 11.8. The Kier molecular flexibility index (Phi) is 3.63. The molecule has 0 aliphatic heterocycles. The van der Waals surface area contributed by atoms with Crippen LogP contribution in [0.4, 0.5) is 0 Å². The van der Waals surface area contributed by atoms with Crippen LogP contribution in [0, 0.1) is 0 Å². The molecule has 0 saturated carbocycles. The molecule has 0 bridgehead atoms. The van der Waals surface area contributed by atoms with E-state index in [-0.39, 0.29) is 10.8 Å². The zero-order chi connectivity index (χ0) is 12.4. The van der Waals surface area contributed by atoms with Gasteiger partial charge in [-0.2, -0.15) is 25.3 Å². The molecule has 0 saturated heterocycles. The van der Waals surface area contributed by atoms with Crippen LogP contribution in [0.15, 0.2) is 33.9 Å². The number of fused-ring (bicyclic) bond motifs is 1. The van der Waals surface area contributed by atoms with Crippen molar-refractivity contribution >= 4 is 36.2 Å². The average molecular weight is 268 g/mol. The van der Waals surface area contributed by atoms with E-state index in [0.717, 1.165) is 0 Å². The van der Waals surface area contributed by atoms with Gasteiger partial charge in [0.15, 0.2) is 0 Å². The summed E-state index contributed by atoms with van der Waals surface area (Å²) in [4.78, 5) is 25.7. The summed E-state index contributed by atoms with van der Waals surface area (Å²) in [5.74, 6) is 0.559. The van der Waals surface area contributed by atoms with Crippen LogP contribution in [-0.4, -0.2) is 20.6 Å². The first-order valence-electron chi connectivity index (χ1n) is 5.14. The molecule has 17 heavy (non-hydrogen) atoms. The smallest absolute Gasteiger partial charge is 0.292 e. The molecule has 4 nitrogen and oxygen atoms in total. The lowest BCUT2D eigenvalue weighted by Gasteiger charge is -2.12. The molecular formula is C11H12N2O2S2. The van der Waals surface area contributed by atoms with E-state index >= 15 is 0 Å². The molecule has 1 aromatic carbocycles. The quantitative estimate of drug-likeness (QED) is 0.725. The fourth-order valence-electron chi connectivity index (χ4n) is 1.69. The highest BCUT2D eigenvalue weighted by Gasteiger charge is 2.09. The third-order valence-corrected chi connectivity index (χ3v) is 3.58. The van der Waals surface area contributed by atoms with Crippen molar-refractivity contribution in [2.24, 2.45) is 0 Å². The average Bonchev–Trinajstić information content (AvgIpc) is 2.34.